The minimum absolute atomic E-state index is 0.0131. The second-order valence-electron chi connectivity index (χ2n) is 5.20. The molecule has 20 heavy (non-hydrogen) atoms. The molecule has 1 fully saturated rings. The van der Waals surface area contributed by atoms with Crippen molar-refractivity contribution in [1.82, 2.24) is 10.2 Å². The topological polar surface area (TPSA) is 52.6 Å². The summed E-state index contributed by atoms with van der Waals surface area (Å²) in [6.45, 7) is 4.88. The molecular weight excluding hydrogens is 259 g/mol. The second kappa shape index (κ2) is 6.33. The van der Waals surface area contributed by atoms with Crippen LogP contribution >= 0.6 is 0 Å². The Balaban J connectivity index is 2.10. The van der Waals surface area contributed by atoms with Crippen LogP contribution in [0, 0.1) is 5.82 Å². The summed E-state index contributed by atoms with van der Waals surface area (Å²) < 4.78 is 13.0. The largest absolute Gasteiger partial charge is 0.392 e. The number of nitrogens with one attached hydrogen (secondary N) is 1. The van der Waals surface area contributed by atoms with Gasteiger partial charge in [-0.2, -0.15) is 0 Å². The van der Waals surface area contributed by atoms with Crippen molar-refractivity contribution in [3.63, 3.8) is 0 Å². The van der Waals surface area contributed by atoms with Crippen LogP contribution in [0.2, 0.25) is 0 Å². The first-order valence-corrected chi connectivity index (χ1v) is 7.00. The van der Waals surface area contributed by atoms with E-state index < -0.39 is 6.10 Å². The Morgan fingerprint density at radius 2 is 2.15 bits per heavy atom. The third-order valence-electron chi connectivity index (χ3n) is 3.85. The highest BCUT2D eigenvalue weighted by molar-refractivity contribution is 5.82. The lowest BCUT2D eigenvalue weighted by molar-refractivity contribution is -0.135. The van der Waals surface area contributed by atoms with Crippen LogP contribution in [0.4, 0.5) is 4.39 Å². The molecule has 2 N–H and O–H groups in total. The van der Waals surface area contributed by atoms with Crippen LogP contribution in [-0.2, 0) is 4.79 Å². The fraction of sp³-hybridized carbons (Fsp3) is 0.533. The van der Waals surface area contributed by atoms with Gasteiger partial charge in [0.15, 0.2) is 0 Å². The molecule has 1 aliphatic rings. The number of β-amino-alcohol motifs (C(OH)–C–C–N with tert-alkyl or cyclic N) is 1. The highest BCUT2D eigenvalue weighted by Crippen LogP contribution is 2.22. The maximum absolute atomic E-state index is 13.0. The van der Waals surface area contributed by atoms with Crippen molar-refractivity contribution in [3.05, 3.63) is 35.6 Å². The van der Waals surface area contributed by atoms with Crippen LogP contribution in [0.25, 0.3) is 0 Å². The van der Waals surface area contributed by atoms with Gasteiger partial charge in [0.1, 0.15) is 5.82 Å². The summed E-state index contributed by atoms with van der Waals surface area (Å²) >= 11 is 0. The molecule has 5 heteroatoms. The molecular formula is C15H21FN2O2. The maximum atomic E-state index is 13.0. The Morgan fingerprint density at radius 1 is 1.50 bits per heavy atom. The summed E-state index contributed by atoms with van der Waals surface area (Å²) in [4.78, 5) is 14.2. The van der Waals surface area contributed by atoms with E-state index in [0.717, 1.165) is 5.56 Å². The zero-order valence-electron chi connectivity index (χ0n) is 11.8. The molecule has 1 aliphatic heterocycles. The summed E-state index contributed by atoms with van der Waals surface area (Å²) in [7, 11) is 0. The Morgan fingerprint density at radius 3 is 2.65 bits per heavy atom. The van der Waals surface area contributed by atoms with E-state index in [1.165, 1.54) is 12.1 Å². The van der Waals surface area contributed by atoms with E-state index in [-0.39, 0.29) is 23.8 Å². The van der Waals surface area contributed by atoms with Crippen molar-refractivity contribution in [3.8, 4) is 0 Å². The molecule has 0 saturated carbocycles. The van der Waals surface area contributed by atoms with Gasteiger partial charge in [0.2, 0.25) is 5.91 Å². The first kappa shape index (κ1) is 14.9. The monoisotopic (exact) mass is 280 g/mol. The molecule has 1 heterocycles. The van der Waals surface area contributed by atoms with Crippen LogP contribution in [0.5, 0.6) is 0 Å². The summed E-state index contributed by atoms with van der Waals surface area (Å²) in [5.41, 5.74) is 0.903. The van der Waals surface area contributed by atoms with Gasteiger partial charge in [0, 0.05) is 13.1 Å². The van der Waals surface area contributed by atoms with Crippen LogP contribution in [0.15, 0.2) is 24.3 Å². The molecule has 4 nitrogen and oxygen atoms in total. The normalized spacial score (nSPS) is 23.6. The van der Waals surface area contributed by atoms with Crippen molar-refractivity contribution >= 4 is 5.91 Å². The smallest absolute Gasteiger partial charge is 0.240 e. The molecule has 0 radical (unpaired) electrons. The zero-order chi connectivity index (χ0) is 14.7. The number of aliphatic hydroxyl groups is 1. The van der Waals surface area contributed by atoms with Crippen LogP contribution in [0.3, 0.4) is 0 Å². The van der Waals surface area contributed by atoms with Crippen molar-refractivity contribution < 1.29 is 14.3 Å². The number of carbonyl (C=O) groups is 1. The number of aliphatic hydroxyl groups excluding tert-OH is 1. The van der Waals surface area contributed by atoms with E-state index >= 15 is 0 Å². The first-order chi connectivity index (χ1) is 9.52. The van der Waals surface area contributed by atoms with E-state index in [1.807, 2.05) is 13.8 Å². The number of hydrogen-bond donors (Lipinski definition) is 2. The summed E-state index contributed by atoms with van der Waals surface area (Å²) in [5.74, 6) is -0.295. The lowest BCUT2D eigenvalue weighted by Crippen LogP contribution is -2.44. The zero-order valence-corrected chi connectivity index (χ0v) is 11.8. The second-order valence-corrected chi connectivity index (χ2v) is 5.20. The number of hydrogen-bond acceptors (Lipinski definition) is 3. The molecule has 1 saturated heterocycles. The quantitative estimate of drug-likeness (QED) is 0.878. The highest BCUT2D eigenvalue weighted by Gasteiger charge is 2.32. The number of carbonyl (C=O) groups excluding carboxylic acids is 1. The van der Waals surface area contributed by atoms with Gasteiger partial charge < -0.3 is 15.3 Å². The standard InChI is InChI=1S/C15H21FN2O2/c1-3-18(15(20)14-8-13(19)9-17-14)10(2)11-4-6-12(16)7-5-11/h4-7,10,13-14,17,19H,3,8-9H2,1-2H3. The Bertz CT molecular complexity index is 463. The van der Waals surface area contributed by atoms with Crippen LogP contribution < -0.4 is 5.32 Å². The molecule has 0 aliphatic carbocycles. The van der Waals surface area contributed by atoms with Gasteiger partial charge in [-0.25, -0.2) is 4.39 Å². The number of rotatable bonds is 4. The molecule has 0 spiro atoms. The fourth-order valence-electron chi connectivity index (χ4n) is 2.65. The molecule has 1 aromatic rings. The van der Waals surface area contributed by atoms with Gasteiger partial charge in [0.25, 0.3) is 0 Å². The van der Waals surface area contributed by atoms with Crippen LogP contribution in [0.1, 0.15) is 31.9 Å². The first-order valence-electron chi connectivity index (χ1n) is 7.00. The van der Waals surface area contributed by atoms with Gasteiger partial charge in [-0.15, -0.1) is 0 Å². The van der Waals surface area contributed by atoms with Crippen molar-refractivity contribution in [1.29, 1.82) is 0 Å². The molecule has 0 aromatic heterocycles. The predicted molar refractivity (Wildman–Crippen MR) is 74.6 cm³/mol. The van der Waals surface area contributed by atoms with Gasteiger partial charge in [-0.05, 0) is 38.0 Å². The third kappa shape index (κ3) is 3.16. The molecule has 1 amide bonds. The summed E-state index contributed by atoms with van der Waals surface area (Å²) in [6.07, 6.45) is -0.00496. The van der Waals surface area contributed by atoms with Crippen LogP contribution in [-0.4, -0.2) is 41.1 Å². The molecule has 3 atom stereocenters. The number of likely N-dealkylation sites (N-methyl/N-ethyl adjacent to an activating group) is 1. The van der Waals surface area contributed by atoms with Gasteiger partial charge in [-0.3, -0.25) is 4.79 Å². The highest BCUT2D eigenvalue weighted by atomic mass is 19.1. The third-order valence-corrected chi connectivity index (χ3v) is 3.85. The number of amides is 1. The summed E-state index contributed by atoms with van der Waals surface area (Å²) in [5, 5.41) is 12.5. The van der Waals surface area contributed by atoms with Crippen molar-refractivity contribution in [2.24, 2.45) is 0 Å². The van der Waals surface area contributed by atoms with Crippen molar-refractivity contribution in [2.75, 3.05) is 13.1 Å². The van der Waals surface area contributed by atoms with E-state index in [4.69, 9.17) is 0 Å². The van der Waals surface area contributed by atoms with Gasteiger partial charge >= 0.3 is 0 Å². The Hall–Kier alpha value is -1.46. The molecule has 110 valence electrons. The Kier molecular flexibility index (Phi) is 4.73. The molecule has 0 bridgehead atoms. The van der Waals surface area contributed by atoms with Crippen molar-refractivity contribution in [2.45, 2.75) is 38.5 Å². The van der Waals surface area contributed by atoms with E-state index in [1.54, 1.807) is 17.0 Å². The van der Waals surface area contributed by atoms with Gasteiger partial charge in [0.05, 0.1) is 18.2 Å². The van der Waals surface area contributed by atoms with E-state index in [0.29, 0.717) is 19.5 Å². The summed E-state index contributed by atoms with van der Waals surface area (Å²) in [6, 6.07) is 5.77. The van der Waals surface area contributed by atoms with Gasteiger partial charge in [-0.1, -0.05) is 12.1 Å². The lowest BCUT2D eigenvalue weighted by atomic mass is 10.1. The SMILES string of the molecule is CCN(C(=O)C1CC(O)CN1)C(C)c1ccc(F)cc1. The van der Waals surface area contributed by atoms with E-state index in [9.17, 15) is 14.3 Å². The predicted octanol–water partition coefficient (Wildman–Crippen LogP) is 1.46. The average molecular weight is 280 g/mol. The number of halogens is 1. The molecule has 3 unspecified atom stereocenters. The lowest BCUT2D eigenvalue weighted by Gasteiger charge is -2.30. The maximum Gasteiger partial charge on any atom is 0.240 e. The minimum Gasteiger partial charge on any atom is -0.392 e. The Labute approximate surface area is 118 Å². The molecule has 1 aromatic carbocycles. The molecule has 2 rings (SSSR count). The van der Waals surface area contributed by atoms with E-state index in [2.05, 4.69) is 5.32 Å². The average Bonchev–Trinajstić information content (AvgIpc) is 2.86. The number of nitrogens with zero attached hydrogens (tertiary/aromatic N) is 1. The number of benzene rings is 1. The minimum atomic E-state index is -0.455. The fourth-order valence-corrected chi connectivity index (χ4v) is 2.65.